The molecule has 1 aliphatic rings. The number of para-hydroxylation sites is 1. The molecule has 0 unspecified atom stereocenters. The Balaban J connectivity index is 1.27. The molecule has 1 amide bonds. The van der Waals surface area contributed by atoms with Crippen molar-refractivity contribution in [3.63, 3.8) is 0 Å². The Labute approximate surface area is 154 Å². The van der Waals surface area contributed by atoms with E-state index in [9.17, 15) is 4.79 Å². The molecule has 2 aromatic rings. The number of hydrogen-bond donors (Lipinski definition) is 1. The lowest BCUT2D eigenvalue weighted by Crippen LogP contribution is -2.30. The summed E-state index contributed by atoms with van der Waals surface area (Å²) in [5, 5.41) is 4.20. The summed E-state index contributed by atoms with van der Waals surface area (Å²) in [6.45, 7) is 4.38. The molecule has 0 radical (unpaired) electrons. The van der Waals surface area contributed by atoms with Gasteiger partial charge >= 0.3 is 0 Å². The van der Waals surface area contributed by atoms with Crippen molar-refractivity contribution in [3.05, 3.63) is 29.3 Å². The van der Waals surface area contributed by atoms with Gasteiger partial charge in [-0.3, -0.25) is 4.79 Å². The first-order valence-electron chi connectivity index (χ1n) is 9.65. The number of amides is 1. The van der Waals surface area contributed by atoms with Gasteiger partial charge in [0.05, 0.1) is 15.2 Å². The highest BCUT2D eigenvalue weighted by Crippen LogP contribution is 2.22. The van der Waals surface area contributed by atoms with Crippen LogP contribution in [-0.2, 0) is 11.2 Å². The van der Waals surface area contributed by atoms with Gasteiger partial charge in [0.15, 0.2) is 0 Å². The average molecular weight is 360 g/mol. The number of aromatic nitrogens is 1. The van der Waals surface area contributed by atoms with Crippen molar-refractivity contribution in [1.29, 1.82) is 0 Å². The molecule has 1 N–H and O–H groups in total. The topological polar surface area (TPSA) is 45.2 Å². The summed E-state index contributed by atoms with van der Waals surface area (Å²) in [7, 11) is 0. The first-order chi connectivity index (χ1) is 12.3. The molecule has 3 rings (SSSR count). The van der Waals surface area contributed by atoms with Gasteiger partial charge in [0, 0.05) is 13.0 Å². The zero-order chi connectivity index (χ0) is 17.3. The van der Waals surface area contributed by atoms with E-state index >= 15 is 0 Å². The van der Waals surface area contributed by atoms with Gasteiger partial charge in [-0.25, -0.2) is 4.98 Å². The van der Waals surface area contributed by atoms with Gasteiger partial charge in [0.1, 0.15) is 0 Å². The normalized spacial score (nSPS) is 16.0. The lowest BCUT2D eigenvalue weighted by Gasteiger charge is -2.19. The Morgan fingerprint density at radius 2 is 1.92 bits per heavy atom. The van der Waals surface area contributed by atoms with E-state index in [1.807, 2.05) is 18.2 Å². The first-order valence-corrected chi connectivity index (χ1v) is 10.5. The fourth-order valence-electron chi connectivity index (χ4n) is 3.41. The molecule has 136 valence electrons. The van der Waals surface area contributed by atoms with Crippen LogP contribution in [0.25, 0.3) is 10.2 Å². The number of carbonyl (C=O) groups excluding carboxylic acids is 1. The van der Waals surface area contributed by atoms with Gasteiger partial charge in [0.25, 0.3) is 0 Å². The van der Waals surface area contributed by atoms with Gasteiger partial charge in [-0.05, 0) is 63.9 Å². The van der Waals surface area contributed by atoms with Crippen LogP contribution < -0.4 is 5.32 Å². The fraction of sp³-hybridized carbons (Fsp3) is 0.600. The van der Waals surface area contributed by atoms with E-state index in [0.717, 1.165) is 42.9 Å². The fourth-order valence-corrected chi connectivity index (χ4v) is 4.41. The summed E-state index contributed by atoms with van der Waals surface area (Å²) in [6, 6.07) is 8.22. The van der Waals surface area contributed by atoms with Gasteiger partial charge in [-0.2, -0.15) is 0 Å². The van der Waals surface area contributed by atoms with E-state index < -0.39 is 0 Å². The molecule has 4 nitrogen and oxygen atoms in total. The predicted octanol–water partition coefficient (Wildman–Crippen LogP) is 4.00. The van der Waals surface area contributed by atoms with Crippen LogP contribution in [0.3, 0.4) is 0 Å². The van der Waals surface area contributed by atoms with Crippen LogP contribution in [0.15, 0.2) is 24.3 Å². The quantitative estimate of drug-likeness (QED) is 0.725. The highest BCUT2D eigenvalue weighted by Gasteiger charge is 2.09. The van der Waals surface area contributed by atoms with Crippen molar-refractivity contribution in [1.82, 2.24) is 15.2 Å². The van der Waals surface area contributed by atoms with Gasteiger partial charge in [-0.15, -0.1) is 11.3 Å². The van der Waals surface area contributed by atoms with Crippen LogP contribution in [0.5, 0.6) is 0 Å². The molecule has 0 atom stereocenters. The molecular formula is C20H29N3OS. The SMILES string of the molecule is O=C(CCCc1nc2ccccc2s1)NCCCN1CCCCCC1. The third-order valence-corrected chi connectivity index (χ3v) is 5.90. The number of hydrogen-bond acceptors (Lipinski definition) is 4. The minimum Gasteiger partial charge on any atom is -0.356 e. The molecule has 1 aliphatic heterocycles. The molecule has 5 heteroatoms. The van der Waals surface area contributed by atoms with Crippen LogP contribution in [0, 0.1) is 0 Å². The van der Waals surface area contributed by atoms with Gasteiger partial charge in [0.2, 0.25) is 5.91 Å². The highest BCUT2D eigenvalue weighted by atomic mass is 32.1. The molecule has 1 saturated heterocycles. The van der Waals surface area contributed by atoms with E-state index in [4.69, 9.17) is 0 Å². The molecule has 0 aliphatic carbocycles. The number of likely N-dealkylation sites (tertiary alicyclic amines) is 1. The zero-order valence-corrected chi connectivity index (χ0v) is 15.8. The second-order valence-electron chi connectivity index (χ2n) is 6.89. The number of thiazole rings is 1. The maximum Gasteiger partial charge on any atom is 0.220 e. The van der Waals surface area contributed by atoms with Gasteiger partial charge < -0.3 is 10.2 Å². The third-order valence-electron chi connectivity index (χ3n) is 4.80. The Morgan fingerprint density at radius 3 is 2.72 bits per heavy atom. The summed E-state index contributed by atoms with van der Waals surface area (Å²) in [5.74, 6) is 0.178. The molecule has 1 fully saturated rings. The number of nitrogens with one attached hydrogen (secondary N) is 1. The van der Waals surface area contributed by atoms with Crippen LogP contribution in [0.4, 0.5) is 0 Å². The molecule has 0 saturated carbocycles. The number of rotatable bonds is 8. The van der Waals surface area contributed by atoms with Crippen LogP contribution in [0.2, 0.25) is 0 Å². The summed E-state index contributed by atoms with van der Waals surface area (Å²) in [4.78, 5) is 19.1. The lowest BCUT2D eigenvalue weighted by atomic mass is 10.2. The van der Waals surface area contributed by atoms with Crippen molar-refractivity contribution < 1.29 is 4.79 Å². The molecule has 1 aromatic carbocycles. The Bertz CT molecular complexity index is 629. The van der Waals surface area contributed by atoms with Crippen molar-refractivity contribution >= 4 is 27.5 Å². The van der Waals surface area contributed by atoms with E-state index in [-0.39, 0.29) is 5.91 Å². The predicted molar refractivity (Wildman–Crippen MR) is 105 cm³/mol. The number of benzene rings is 1. The van der Waals surface area contributed by atoms with Crippen molar-refractivity contribution in [2.45, 2.75) is 51.4 Å². The summed E-state index contributed by atoms with van der Waals surface area (Å²) in [6.07, 6.45) is 8.83. The average Bonchev–Trinajstić information content (AvgIpc) is 2.85. The first kappa shape index (κ1) is 18.3. The lowest BCUT2D eigenvalue weighted by molar-refractivity contribution is -0.121. The van der Waals surface area contributed by atoms with Crippen LogP contribution in [0.1, 0.15) is 50.0 Å². The minimum atomic E-state index is 0.178. The van der Waals surface area contributed by atoms with Crippen molar-refractivity contribution in [3.8, 4) is 0 Å². The Morgan fingerprint density at radius 1 is 1.12 bits per heavy atom. The second-order valence-corrected chi connectivity index (χ2v) is 8.00. The van der Waals surface area contributed by atoms with E-state index in [1.165, 1.54) is 43.5 Å². The molecule has 2 heterocycles. The molecule has 0 bridgehead atoms. The number of carbonyl (C=O) groups is 1. The standard InChI is InChI=1S/C20H29N3OS/c24-19(21-13-8-16-23-14-5-1-2-6-15-23)11-7-12-20-22-17-9-3-4-10-18(17)25-20/h3-4,9-10H,1-2,5-8,11-16H2,(H,21,24). The smallest absolute Gasteiger partial charge is 0.220 e. The molecule has 25 heavy (non-hydrogen) atoms. The third kappa shape index (κ3) is 6.08. The van der Waals surface area contributed by atoms with Crippen molar-refractivity contribution in [2.75, 3.05) is 26.2 Å². The van der Waals surface area contributed by atoms with E-state index in [0.29, 0.717) is 6.42 Å². The van der Waals surface area contributed by atoms with Crippen LogP contribution >= 0.6 is 11.3 Å². The maximum absolute atomic E-state index is 12.0. The molecule has 1 aromatic heterocycles. The minimum absolute atomic E-state index is 0.178. The Hall–Kier alpha value is -1.46. The number of fused-ring (bicyclic) bond motifs is 1. The number of nitrogens with zero attached hydrogens (tertiary/aromatic N) is 2. The summed E-state index contributed by atoms with van der Waals surface area (Å²) in [5.41, 5.74) is 1.07. The summed E-state index contributed by atoms with van der Waals surface area (Å²) >= 11 is 1.74. The Kier molecular flexibility index (Phi) is 7.24. The largest absolute Gasteiger partial charge is 0.356 e. The van der Waals surface area contributed by atoms with Gasteiger partial charge in [-0.1, -0.05) is 25.0 Å². The maximum atomic E-state index is 12.0. The molecule has 0 spiro atoms. The summed E-state index contributed by atoms with van der Waals surface area (Å²) < 4.78 is 1.23. The monoisotopic (exact) mass is 359 g/mol. The van der Waals surface area contributed by atoms with Crippen LogP contribution in [-0.4, -0.2) is 42.0 Å². The number of aryl methyl sites for hydroxylation is 1. The molecular weight excluding hydrogens is 330 g/mol. The van der Waals surface area contributed by atoms with Crippen molar-refractivity contribution in [2.24, 2.45) is 0 Å². The highest BCUT2D eigenvalue weighted by molar-refractivity contribution is 7.18. The zero-order valence-electron chi connectivity index (χ0n) is 15.0. The van der Waals surface area contributed by atoms with E-state index in [2.05, 4.69) is 21.3 Å². The van der Waals surface area contributed by atoms with E-state index in [1.54, 1.807) is 11.3 Å². The second kappa shape index (κ2) is 9.88.